The number of hydrogen-bond acceptors (Lipinski definition) is 8. The molecular formula is C31H33N5O4S. The third kappa shape index (κ3) is 5.14. The summed E-state index contributed by atoms with van der Waals surface area (Å²) in [5.41, 5.74) is 4.67. The number of morpholine rings is 1. The van der Waals surface area contributed by atoms with Gasteiger partial charge in [-0.2, -0.15) is 0 Å². The van der Waals surface area contributed by atoms with Crippen LogP contribution in [-0.4, -0.2) is 77.3 Å². The summed E-state index contributed by atoms with van der Waals surface area (Å²) in [6, 6.07) is 14.0. The summed E-state index contributed by atoms with van der Waals surface area (Å²) in [4.78, 5) is 47.9. The van der Waals surface area contributed by atoms with Gasteiger partial charge in [0.15, 0.2) is 0 Å². The predicted molar refractivity (Wildman–Crippen MR) is 157 cm³/mol. The molecule has 4 aliphatic heterocycles. The molecule has 9 nitrogen and oxygen atoms in total. The van der Waals surface area contributed by atoms with Gasteiger partial charge in [-0.1, -0.05) is 18.2 Å². The Bertz CT molecular complexity index is 1520. The highest BCUT2D eigenvalue weighted by atomic mass is 32.2. The van der Waals surface area contributed by atoms with Crippen molar-refractivity contribution in [3.63, 3.8) is 0 Å². The van der Waals surface area contributed by atoms with Gasteiger partial charge in [-0.25, -0.2) is 4.31 Å². The maximum Gasteiger partial charge on any atom is 0.259 e. The molecular weight excluding hydrogens is 538 g/mol. The van der Waals surface area contributed by atoms with Gasteiger partial charge in [0.1, 0.15) is 6.04 Å². The molecule has 1 unspecified atom stereocenters. The van der Waals surface area contributed by atoms with Gasteiger partial charge in [0.2, 0.25) is 11.8 Å². The number of rotatable bonds is 6. The van der Waals surface area contributed by atoms with Crippen LogP contribution < -0.4 is 10.2 Å². The van der Waals surface area contributed by atoms with Crippen LogP contribution in [0.4, 0.5) is 5.69 Å². The Labute approximate surface area is 243 Å². The molecule has 3 fully saturated rings. The normalized spacial score (nSPS) is 22.5. The Morgan fingerprint density at radius 1 is 0.976 bits per heavy atom. The summed E-state index contributed by atoms with van der Waals surface area (Å²) in [5, 5.41) is 3.22. The zero-order valence-electron chi connectivity index (χ0n) is 22.9. The van der Waals surface area contributed by atoms with E-state index in [2.05, 4.69) is 44.9 Å². The van der Waals surface area contributed by atoms with E-state index in [0.29, 0.717) is 17.9 Å². The molecule has 7 rings (SSSR count). The molecule has 0 radical (unpaired) electrons. The Morgan fingerprint density at radius 3 is 2.61 bits per heavy atom. The van der Waals surface area contributed by atoms with E-state index in [1.165, 1.54) is 16.0 Å². The fourth-order valence-corrected chi connectivity index (χ4v) is 7.58. The molecule has 0 spiro atoms. The van der Waals surface area contributed by atoms with Gasteiger partial charge in [0.25, 0.3) is 5.91 Å². The summed E-state index contributed by atoms with van der Waals surface area (Å²) in [6.07, 6.45) is 4.33. The summed E-state index contributed by atoms with van der Waals surface area (Å²) in [7, 11) is 0. The van der Waals surface area contributed by atoms with Crippen LogP contribution in [0.3, 0.4) is 0 Å². The third-order valence-electron chi connectivity index (χ3n) is 8.67. The van der Waals surface area contributed by atoms with Gasteiger partial charge in [-0.15, -0.1) is 0 Å². The predicted octanol–water partition coefficient (Wildman–Crippen LogP) is 3.72. The average Bonchev–Trinajstić information content (AvgIpc) is 3.27. The lowest BCUT2D eigenvalue weighted by Gasteiger charge is -2.32. The molecule has 1 atom stereocenters. The minimum atomic E-state index is -0.685. The minimum absolute atomic E-state index is 0.192. The molecule has 4 aliphatic rings. The maximum absolute atomic E-state index is 13.5. The second-order valence-electron chi connectivity index (χ2n) is 11.2. The van der Waals surface area contributed by atoms with Gasteiger partial charge in [0.05, 0.1) is 30.0 Å². The van der Waals surface area contributed by atoms with Crippen molar-refractivity contribution in [1.29, 1.82) is 0 Å². The molecule has 212 valence electrons. The van der Waals surface area contributed by atoms with Crippen LogP contribution in [0, 0.1) is 0 Å². The number of carbonyl (C=O) groups excluding carboxylic acids is 3. The lowest BCUT2D eigenvalue weighted by atomic mass is 9.87. The first-order valence-corrected chi connectivity index (χ1v) is 15.2. The lowest BCUT2D eigenvalue weighted by molar-refractivity contribution is -0.134. The van der Waals surface area contributed by atoms with Crippen molar-refractivity contribution >= 4 is 46.3 Å². The molecule has 1 N–H and O–H groups in total. The summed E-state index contributed by atoms with van der Waals surface area (Å²) < 4.78 is 7.85. The molecule has 3 amide bonds. The SMILES string of the molecule is O=C1CCC(N2C(=O)c3ccc(C4CCN(Cc5cccc(SN6CCOCC6)c5)CC4)c4nccc2c34)C(=O)N1. The molecule has 0 aliphatic carbocycles. The monoisotopic (exact) mass is 571 g/mol. The average molecular weight is 572 g/mol. The quantitative estimate of drug-likeness (QED) is 0.354. The second kappa shape index (κ2) is 11.2. The fourth-order valence-electron chi connectivity index (χ4n) is 6.60. The Balaban J connectivity index is 1.05. The molecule has 41 heavy (non-hydrogen) atoms. The number of aromatic nitrogens is 1. The summed E-state index contributed by atoms with van der Waals surface area (Å²) in [5.74, 6) is -0.539. The van der Waals surface area contributed by atoms with E-state index in [1.54, 1.807) is 11.1 Å². The number of amides is 3. The van der Waals surface area contributed by atoms with E-state index in [0.717, 1.165) is 75.4 Å². The van der Waals surface area contributed by atoms with E-state index in [1.807, 2.05) is 24.1 Å². The molecule has 1 aromatic heterocycles. The van der Waals surface area contributed by atoms with E-state index in [-0.39, 0.29) is 18.2 Å². The minimum Gasteiger partial charge on any atom is -0.379 e. The first-order chi connectivity index (χ1) is 20.0. The number of carbonyl (C=O) groups is 3. The zero-order chi connectivity index (χ0) is 27.9. The van der Waals surface area contributed by atoms with E-state index in [9.17, 15) is 14.4 Å². The van der Waals surface area contributed by atoms with Crippen molar-refractivity contribution in [2.24, 2.45) is 0 Å². The molecule has 3 saturated heterocycles. The number of hydrogen-bond donors (Lipinski definition) is 1. The van der Waals surface area contributed by atoms with Gasteiger partial charge in [0, 0.05) is 42.5 Å². The molecule has 0 saturated carbocycles. The molecule has 3 aromatic rings. The topological polar surface area (TPSA) is 95.1 Å². The van der Waals surface area contributed by atoms with Crippen molar-refractivity contribution in [2.75, 3.05) is 44.3 Å². The lowest BCUT2D eigenvalue weighted by Crippen LogP contribution is -2.53. The third-order valence-corrected chi connectivity index (χ3v) is 9.76. The second-order valence-corrected chi connectivity index (χ2v) is 12.4. The number of nitrogens with one attached hydrogen (secondary N) is 1. The van der Waals surface area contributed by atoms with Gasteiger partial charge >= 0.3 is 0 Å². The molecule has 2 aromatic carbocycles. The summed E-state index contributed by atoms with van der Waals surface area (Å²) >= 11 is 1.82. The van der Waals surface area contributed by atoms with Crippen LogP contribution in [0.2, 0.25) is 0 Å². The smallest absolute Gasteiger partial charge is 0.259 e. The van der Waals surface area contributed by atoms with E-state index in [4.69, 9.17) is 9.72 Å². The van der Waals surface area contributed by atoms with Crippen LogP contribution in [-0.2, 0) is 20.9 Å². The molecule has 10 heteroatoms. The van der Waals surface area contributed by atoms with Crippen LogP contribution in [0.1, 0.15) is 53.1 Å². The Kier molecular flexibility index (Phi) is 7.24. The number of benzene rings is 2. The van der Waals surface area contributed by atoms with Crippen molar-refractivity contribution < 1.29 is 19.1 Å². The first-order valence-electron chi connectivity index (χ1n) is 14.5. The Morgan fingerprint density at radius 2 is 1.80 bits per heavy atom. The molecule has 0 bridgehead atoms. The van der Waals surface area contributed by atoms with Gasteiger partial charge in [-0.05, 0) is 85.6 Å². The van der Waals surface area contributed by atoms with Crippen LogP contribution in [0.5, 0.6) is 0 Å². The number of imide groups is 1. The van der Waals surface area contributed by atoms with Crippen molar-refractivity contribution in [3.05, 3.63) is 65.4 Å². The standard InChI is InChI=1S/C31H33N5O4S/c37-27-7-6-26(30(38)33-27)36-25-8-11-32-29-23(4-5-24(28(25)29)31(36)39)21-9-12-34(13-10-21)19-20-2-1-3-22(18-20)41-35-14-16-40-17-15-35/h1-5,8,11,18,21,26H,6-7,9-10,12-17,19H2,(H,33,37,38). The van der Waals surface area contributed by atoms with Crippen molar-refractivity contribution in [1.82, 2.24) is 19.5 Å². The fraction of sp³-hybridized carbons (Fsp3) is 0.419. The van der Waals surface area contributed by atoms with E-state index < -0.39 is 11.9 Å². The number of anilines is 1. The highest BCUT2D eigenvalue weighted by Gasteiger charge is 2.41. The highest BCUT2D eigenvalue weighted by molar-refractivity contribution is 7.97. The largest absolute Gasteiger partial charge is 0.379 e. The van der Waals surface area contributed by atoms with Gasteiger partial charge in [-0.3, -0.25) is 34.5 Å². The summed E-state index contributed by atoms with van der Waals surface area (Å²) in [6.45, 7) is 6.43. The van der Waals surface area contributed by atoms with Crippen LogP contribution in [0.15, 0.2) is 53.6 Å². The van der Waals surface area contributed by atoms with Crippen LogP contribution in [0.25, 0.3) is 10.9 Å². The number of piperidine rings is 2. The van der Waals surface area contributed by atoms with Crippen LogP contribution >= 0.6 is 11.9 Å². The Hall–Kier alpha value is -3.31. The van der Waals surface area contributed by atoms with Crippen molar-refractivity contribution in [2.45, 2.75) is 49.1 Å². The first kappa shape index (κ1) is 26.6. The number of pyridine rings is 1. The highest BCUT2D eigenvalue weighted by Crippen LogP contribution is 2.43. The molecule has 5 heterocycles. The number of ether oxygens (including phenoxy) is 1. The zero-order valence-corrected chi connectivity index (χ0v) is 23.7. The van der Waals surface area contributed by atoms with Crippen molar-refractivity contribution in [3.8, 4) is 0 Å². The number of likely N-dealkylation sites (tertiary alicyclic amines) is 1. The number of nitrogens with zero attached hydrogens (tertiary/aromatic N) is 4. The maximum atomic E-state index is 13.5. The van der Waals surface area contributed by atoms with E-state index >= 15 is 0 Å². The van der Waals surface area contributed by atoms with Gasteiger partial charge < -0.3 is 4.74 Å².